The summed E-state index contributed by atoms with van der Waals surface area (Å²) >= 11 is 0. The van der Waals surface area contributed by atoms with Gasteiger partial charge in [-0.05, 0) is 24.1 Å². The van der Waals surface area contributed by atoms with Crippen LogP contribution in [0.15, 0.2) is 40.5 Å². The molecule has 0 unspecified atom stereocenters. The van der Waals surface area contributed by atoms with Crippen LogP contribution >= 0.6 is 0 Å². The maximum Gasteiger partial charge on any atom is 0.368 e. The predicted molar refractivity (Wildman–Crippen MR) is 49.6 cm³/mol. The first-order valence-corrected chi connectivity index (χ1v) is 4.20. The third-order valence-electron chi connectivity index (χ3n) is 1.97. The number of carbonyl (C=O) groups excluding carboxylic acids is 1. The van der Waals surface area contributed by atoms with Crippen LogP contribution in [0.5, 0.6) is 0 Å². The van der Waals surface area contributed by atoms with E-state index in [9.17, 15) is 4.79 Å². The number of carbonyl (C=O) groups is 1. The normalized spacial score (nSPS) is 13.9. The number of nitrogens with zero attached hydrogens (tertiary/aromatic N) is 2. The van der Waals surface area contributed by atoms with Crippen LogP contribution in [0.2, 0.25) is 0 Å². The summed E-state index contributed by atoms with van der Waals surface area (Å²) in [5.74, 6) is 0. The van der Waals surface area contributed by atoms with Gasteiger partial charge in [-0.1, -0.05) is 12.1 Å². The molecular weight excluding hydrogens is 180 g/mol. The lowest BCUT2D eigenvalue weighted by Crippen LogP contribution is -2.25. The molecule has 0 bridgehead atoms. The van der Waals surface area contributed by atoms with E-state index in [4.69, 9.17) is 5.11 Å². The monoisotopic (exact) mass is 188 g/mol. The second kappa shape index (κ2) is 3.41. The first-order chi connectivity index (χ1) is 6.81. The molecule has 1 heterocycles. The van der Waals surface area contributed by atoms with Gasteiger partial charge < -0.3 is 5.11 Å². The minimum absolute atomic E-state index is 0.458. The molecule has 2 amide bonds. The van der Waals surface area contributed by atoms with Crippen LogP contribution in [-0.2, 0) is 6.42 Å². The van der Waals surface area contributed by atoms with E-state index >= 15 is 0 Å². The van der Waals surface area contributed by atoms with Gasteiger partial charge in [0.05, 0.1) is 17.0 Å². The number of aliphatic hydroxyl groups is 1. The van der Waals surface area contributed by atoms with Crippen molar-refractivity contribution in [3.8, 4) is 0 Å². The van der Waals surface area contributed by atoms with Crippen molar-refractivity contribution in [1.82, 2.24) is 0 Å². The zero-order chi connectivity index (χ0) is 9.97. The third-order valence-corrected chi connectivity index (χ3v) is 1.97. The largest absolute Gasteiger partial charge is 0.516 e. The zero-order valence-electron chi connectivity index (χ0n) is 7.34. The lowest BCUT2D eigenvalue weighted by molar-refractivity contribution is 0.256. The minimum Gasteiger partial charge on any atom is -0.516 e. The second-order valence-electron chi connectivity index (χ2n) is 2.88. The predicted octanol–water partition coefficient (Wildman–Crippen LogP) is 0.674. The van der Waals surface area contributed by atoms with Gasteiger partial charge in [0.15, 0.2) is 0 Å². The summed E-state index contributed by atoms with van der Waals surface area (Å²) in [6.07, 6.45) is 3.12. The van der Waals surface area contributed by atoms with Gasteiger partial charge in [0.25, 0.3) is 0 Å². The van der Waals surface area contributed by atoms with Gasteiger partial charge in [-0.15, -0.1) is 0 Å². The van der Waals surface area contributed by atoms with E-state index < -0.39 is 6.03 Å². The van der Waals surface area contributed by atoms with E-state index in [0.717, 1.165) is 11.8 Å². The Labute approximate surface area is 79.9 Å². The molecule has 1 aliphatic heterocycles. The quantitative estimate of drug-likeness (QED) is 0.693. The number of hydrogen-bond donors (Lipinski definition) is 1. The average molecular weight is 188 g/mol. The van der Waals surface area contributed by atoms with Crippen molar-refractivity contribution >= 4 is 6.03 Å². The van der Waals surface area contributed by atoms with Gasteiger partial charge in [0.1, 0.15) is 0 Å². The molecule has 1 aliphatic rings. The molecule has 14 heavy (non-hydrogen) atoms. The minimum atomic E-state index is -0.458. The van der Waals surface area contributed by atoms with E-state index in [1.54, 1.807) is 12.1 Å². The molecule has 0 saturated carbocycles. The molecule has 1 aromatic carbocycles. The van der Waals surface area contributed by atoms with E-state index in [2.05, 4.69) is 9.98 Å². The third kappa shape index (κ3) is 1.42. The van der Waals surface area contributed by atoms with Gasteiger partial charge in [-0.2, -0.15) is 9.98 Å². The molecule has 0 saturated heterocycles. The highest BCUT2D eigenvalue weighted by molar-refractivity contribution is 5.77. The highest BCUT2D eigenvalue weighted by atomic mass is 16.2. The SMILES string of the molecule is O=C1N=c2cccc(CC=CO)c2=N1. The van der Waals surface area contributed by atoms with Crippen molar-refractivity contribution in [3.63, 3.8) is 0 Å². The summed E-state index contributed by atoms with van der Waals surface area (Å²) in [5, 5.41) is 9.76. The van der Waals surface area contributed by atoms with Crippen LogP contribution in [0.4, 0.5) is 4.79 Å². The van der Waals surface area contributed by atoms with Crippen LogP contribution in [0.1, 0.15) is 5.56 Å². The van der Waals surface area contributed by atoms with Crippen LogP contribution in [0, 0.1) is 0 Å². The van der Waals surface area contributed by atoms with Gasteiger partial charge in [0, 0.05) is 0 Å². The number of allylic oxidation sites excluding steroid dienone is 1. The molecule has 4 heteroatoms. The van der Waals surface area contributed by atoms with Crippen molar-refractivity contribution in [3.05, 3.63) is 46.8 Å². The Bertz CT molecular complexity index is 517. The molecule has 0 spiro atoms. The number of fused-ring (bicyclic) bond motifs is 1. The maximum atomic E-state index is 10.9. The number of para-hydroxylation sites is 1. The average Bonchev–Trinajstić information content (AvgIpc) is 2.55. The molecule has 4 nitrogen and oxygen atoms in total. The van der Waals surface area contributed by atoms with E-state index in [0.29, 0.717) is 17.1 Å². The van der Waals surface area contributed by atoms with Gasteiger partial charge in [0.2, 0.25) is 0 Å². The Morgan fingerprint density at radius 3 is 3.00 bits per heavy atom. The molecule has 2 rings (SSSR count). The summed E-state index contributed by atoms with van der Waals surface area (Å²) in [7, 11) is 0. The Morgan fingerprint density at radius 2 is 2.21 bits per heavy atom. The smallest absolute Gasteiger partial charge is 0.368 e. The standard InChI is InChI=1S/C10H8N2O2/c13-6-2-4-7-3-1-5-8-9(7)12-10(14)11-8/h1-3,5-6,13H,4H2. The van der Waals surface area contributed by atoms with Gasteiger partial charge in [-0.3, -0.25) is 0 Å². The first-order valence-electron chi connectivity index (χ1n) is 4.20. The number of rotatable bonds is 2. The fourth-order valence-electron chi connectivity index (χ4n) is 1.37. The molecular formula is C10H8N2O2. The molecule has 1 aromatic rings. The Morgan fingerprint density at radius 1 is 1.36 bits per heavy atom. The molecule has 0 radical (unpaired) electrons. The molecule has 70 valence electrons. The number of hydrogen-bond acceptors (Lipinski definition) is 2. The number of amides is 2. The summed E-state index contributed by atoms with van der Waals surface area (Å²) in [4.78, 5) is 18.4. The van der Waals surface area contributed by atoms with Crippen LogP contribution in [0.3, 0.4) is 0 Å². The lowest BCUT2D eigenvalue weighted by Gasteiger charge is -1.93. The van der Waals surface area contributed by atoms with Crippen molar-refractivity contribution in [2.45, 2.75) is 6.42 Å². The fraction of sp³-hybridized carbons (Fsp3) is 0.100. The topological polar surface area (TPSA) is 62.0 Å². The highest BCUT2D eigenvalue weighted by Gasteiger charge is 2.07. The van der Waals surface area contributed by atoms with E-state index in [-0.39, 0.29) is 0 Å². The second-order valence-corrected chi connectivity index (χ2v) is 2.88. The maximum absolute atomic E-state index is 10.9. The van der Waals surface area contributed by atoms with E-state index in [1.807, 2.05) is 12.1 Å². The van der Waals surface area contributed by atoms with Crippen molar-refractivity contribution in [2.24, 2.45) is 9.98 Å². The summed E-state index contributed by atoms with van der Waals surface area (Å²) in [6.45, 7) is 0. The number of urea groups is 1. The van der Waals surface area contributed by atoms with Gasteiger partial charge in [-0.25, -0.2) is 4.79 Å². The Balaban J connectivity index is 2.57. The number of aliphatic hydroxyl groups excluding tert-OH is 1. The molecule has 0 aromatic heterocycles. The summed E-state index contributed by atoms with van der Waals surface area (Å²) in [6, 6.07) is 4.96. The summed E-state index contributed by atoms with van der Waals surface area (Å²) < 4.78 is 0. The highest BCUT2D eigenvalue weighted by Crippen LogP contribution is 1.95. The molecule has 0 aliphatic carbocycles. The van der Waals surface area contributed by atoms with Crippen LogP contribution in [-0.4, -0.2) is 11.1 Å². The molecule has 1 N–H and O–H groups in total. The van der Waals surface area contributed by atoms with Crippen molar-refractivity contribution < 1.29 is 9.90 Å². The lowest BCUT2D eigenvalue weighted by atomic mass is 10.1. The van der Waals surface area contributed by atoms with Crippen molar-refractivity contribution in [1.29, 1.82) is 0 Å². The zero-order valence-corrected chi connectivity index (χ0v) is 7.34. The fourth-order valence-corrected chi connectivity index (χ4v) is 1.37. The van der Waals surface area contributed by atoms with Crippen LogP contribution in [0.25, 0.3) is 0 Å². The molecule has 0 atom stereocenters. The van der Waals surface area contributed by atoms with Crippen LogP contribution < -0.4 is 10.7 Å². The first kappa shape index (κ1) is 8.62. The van der Waals surface area contributed by atoms with Gasteiger partial charge >= 0.3 is 6.03 Å². The Hall–Kier alpha value is -1.97. The number of benzene rings is 1. The molecule has 0 fully saturated rings. The van der Waals surface area contributed by atoms with E-state index in [1.165, 1.54) is 0 Å². The Kier molecular flexibility index (Phi) is 2.10. The van der Waals surface area contributed by atoms with Crippen molar-refractivity contribution in [2.75, 3.05) is 0 Å². The summed E-state index contributed by atoms with van der Waals surface area (Å²) in [5.41, 5.74) is 0.891.